The molecule has 5 heteroatoms. The van der Waals surface area contributed by atoms with Gasteiger partial charge in [-0.05, 0) is 57.9 Å². The van der Waals surface area contributed by atoms with Crippen molar-refractivity contribution < 1.29 is 24.5 Å². The third-order valence-corrected chi connectivity index (χ3v) is 5.60. The molecular weight excluding hydrogens is 368 g/mol. The average molecular weight is 394 g/mol. The first-order chi connectivity index (χ1) is 13.7. The summed E-state index contributed by atoms with van der Waals surface area (Å²) < 4.78 is 11.9. The molecule has 0 saturated carbocycles. The van der Waals surface area contributed by atoms with Crippen LogP contribution in [0.3, 0.4) is 0 Å². The molecule has 4 rings (SSSR count). The summed E-state index contributed by atoms with van der Waals surface area (Å²) in [6.45, 7) is 6.26. The second kappa shape index (κ2) is 7.16. The van der Waals surface area contributed by atoms with E-state index < -0.39 is 0 Å². The molecule has 1 aliphatic rings. The summed E-state index contributed by atoms with van der Waals surface area (Å²) in [4.78, 5) is 0. The number of allylic oxidation sites excluding steroid dienone is 2. The van der Waals surface area contributed by atoms with Gasteiger partial charge in [0.05, 0.1) is 11.7 Å². The van der Waals surface area contributed by atoms with Crippen LogP contribution in [0.5, 0.6) is 17.2 Å². The highest BCUT2D eigenvalue weighted by Gasteiger charge is 2.51. The molecule has 0 amide bonds. The molecule has 152 valence electrons. The van der Waals surface area contributed by atoms with E-state index in [2.05, 4.69) is 26.8 Å². The van der Waals surface area contributed by atoms with E-state index in [0.717, 1.165) is 18.2 Å². The second-order valence-corrected chi connectivity index (χ2v) is 8.27. The summed E-state index contributed by atoms with van der Waals surface area (Å²) in [6, 6.07) is 9.69. The summed E-state index contributed by atoms with van der Waals surface area (Å²) >= 11 is 0. The lowest BCUT2D eigenvalue weighted by molar-refractivity contribution is 0.297. The smallest absolute Gasteiger partial charge is 0.138 e. The molecule has 2 atom stereocenters. The van der Waals surface area contributed by atoms with E-state index in [1.807, 2.05) is 6.07 Å². The molecule has 2 aromatic carbocycles. The van der Waals surface area contributed by atoms with E-state index in [-0.39, 0.29) is 29.0 Å². The molecule has 29 heavy (non-hydrogen) atoms. The zero-order valence-corrected chi connectivity index (χ0v) is 16.9. The van der Waals surface area contributed by atoms with Crippen molar-refractivity contribution in [2.45, 2.75) is 51.7 Å². The van der Waals surface area contributed by atoms with Gasteiger partial charge in [0.2, 0.25) is 0 Å². The van der Waals surface area contributed by atoms with Crippen molar-refractivity contribution in [2.75, 3.05) is 0 Å². The van der Waals surface area contributed by atoms with Crippen LogP contribution in [0.15, 0.2) is 52.5 Å². The van der Waals surface area contributed by atoms with Crippen LogP contribution in [0.1, 0.15) is 39.2 Å². The Morgan fingerprint density at radius 1 is 1.07 bits per heavy atom. The van der Waals surface area contributed by atoms with Crippen LogP contribution in [0.25, 0.3) is 22.3 Å². The van der Waals surface area contributed by atoms with Crippen molar-refractivity contribution in [3.05, 3.63) is 53.6 Å². The van der Waals surface area contributed by atoms with Crippen molar-refractivity contribution >= 4 is 11.0 Å². The first-order valence-corrected chi connectivity index (χ1v) is 9.84. The van der Waals surface area contributed by atoms with E-state index in [9.17, 15) is 15.3 Å². The van der Waals surface area contributed by atoms with Gasteiger partial charge in [0.25, 0.3) is 0 Å². The number of fused-ring (bicyclic) bond motifs is 1. The maximum atomic E-state index is 10.5. The fourth-order valence-electron chi connectivity index (χ4n) is 3.83. The van der Waals surface area contributed by atoms with E-state index in [1.54, 1.807) is 24.3 Å². The zero-order chi connectivity index (χ0) is 20.8. The predicted molar refractivity (Wildman–Crippen MR) is 112 cm³/mol. The van der Waals surface area contributed by atoms with Crippen molar-refractivity contribution in [1.29, 1.82) is 0 Å². The highest BCUT2D eigenvalue weighted by molar-refractivity contribution is 5.85. The minimum Gasteiger partial charge on any atom is -0.508 e. The molecule has 1 aromatic heterocycles. The molecule has 3 aromatic rings. The Balaban J connectivity index is 1.63. The molecule has 5 nitrogen and oxygen atoms in total. The van der Waals surface area contributed by atoms with Crippen LogP contribution in [-0.2, 0) is 11.2 Å². The standard InChI is InChI=1S/C24H26O5/c1-14(2)5-4-8-24(3)23(29-24)13-18-19(10-17(26)11-20(18)27)22-9-15-6-7-16(25)12-21(15)28-22/h5-7,9-12,23,25-27H,4,8,13H2,1-3H3/t23-,24-/m0/s1. The summed E-state index contributed by atoms with van der Waals surface area (Å²) in [6.07, 6.45) is 4.60. The number of ether oxygens (including phenoxy) is 1. The van der Waals surface area contributed by atoms with Gasteiger partial charge >= 0.3 is 0 Å². The van der Waals surface area contributed by atoms with Gasteiger partial charge in [0, 0.05) is 35.1 Å². The lowest BCUT2D eigenvalue weighted by atomic mass is 9.93. The fraction of sp³-hybridized carbons (Fsp3) is 0.333. The van der Waals surface area contributed by atoms with Crippen LogP contribution < -0.4 is 0 Å². The Morgan fingerprint density at radius 3 is 2.62 bits per heavy atom. The SMILES string of the molecule is CC(C)=CCC[C@]1(C)O[C@H]1Cc1c(O)cc(O)cc1-c1cc2ccc(O)cc2o1. The van der Waals surface area contributed by atoms with Gasteiger partial charge in [-0.2, -0.15) is 0 Å². The summed E-state index contributed by atoms with van der Waals surface area (Å²) in [5.74, 6) is 0.632. The number of epoxide rings is 1. The van der Waals surface area contributed by atoms with Gasteiger partial charge in [0.1, 0.15) is 28.6 Å². The van der Waals surface area contributed by atoms with Crippen molar-refractivity contribution in [3.8, 4) is 28.6 Å². The van der Waals surface area contributed by atoms with Gasteiger partial charge in [0.15, 0.2) is 0 Å². The van der Waals surface area contributed by atoms with Crippen LogP contribution in [0.2, 0.25) is 0 Å². The maximum absolute atomic E-state index is 10.5. The third-order valence-electron chi connectivity index (χ3n) is 5.60. The fourth-order valence-corrected chi connectivity index (χ4v) is 3.83. The van der Waals surface area contributed by atoms with E-state index >= 15 is 0 Å². The van der Waals surface area contributed by atoms with Crippen LogP contribution >= 0.6 is 0 Å². The van der Waals surface area contributed by atoms with Gasteiger partial charge in [-0.25, -0.2) is 0 Å². The molecule has 0 bridgehead atoms. The van der Waals surface area contributed by atoms with Crippen molar-refractivity contribution in [1.82, 2.24) is 0 Å². The first kappa shape index (κ1) is 19.4. The Morgan fingerprint density at radius 2 is 1.86 bits per heavy atom. The van der Waals surface area contributed by atoms with E-state index in [0.29, 0.717) is 28.9 Å². The minimum atomic E-state index is -0.215. The average Bonchev–Trinajstić information content (AvgIpc) is 3.08. The number of furan rings is 1. The molecule has 1 saturated heterocycles. The van der Waals surface area contributed by atoms with E-state index in [4.69, 9.17) is 9.15 Å². The molecule has 0 spiro atoms. The Hall–Kier alpha value is -2.92. The van der Waals surface area contributed by atoms with Crippen molar-refractivity contribution in [2.24, 2.45) is 0 Å². The first-order valence-electron chi connectivity index (χ1n) is 9.84. The van der Waals surface area contributed by atoms with Gasteiger partial charge < -0.3 is 24.5 Å². The summed E-state index contributed by atoms with van der Waals surface area (Å²) in [7, 11) is 0. The number of phenolic OH excluding ortho intramolecular Hbond substituents is 3. The number of benzene rings is 2. The highest BCUT2D eigenvalue weighted by atomic mass is 16.6. The lowest BCUT2D eigenvalue weighted by Crippen LogP contribution is -2.11. The van der Waals surface area contributed by atoms with Gasteiger partial charge in [-0.3, -0.25) is 0 Å². The van der Waals surface area contributed by atoms with E-state index in [1.165, 1.54) is 11.6 Å². The largest absolute Gasteiger partial charge is 0.508 e. The van der Waals surface area contributed by atoms with Gasteiger partial charge in [-0.1, -0.05) is 11.6 Å². The number of phenols is 3. The monoisotopic (exact) mass is 394 g/mol. The molecule has 0 aliphatic carbocycles. The molecule has 3 N–H and O–H groups in total. The summed E-state index contributed by atoms with van der Waals surface area (Å²) in [5, 5.41) is 31.1. The van der Waals surface area contributed by atoms with Gasteiger partial charge in [-0.15, -0.1) is 0 Å². The van der Waals surface area contributed by atoms with Crippen LogP contribution in [0.4, 0.5) is 0 Å². The number of rotatable bonds is 6. The molecule has 0 radical (unpaired) electrons. The Bertz CT molecular complexity index is 1090. The number of hydrogen-bond acceptors (Lipinski definition) is 5. The summed E-state index contributed by atoms with van der Waals surface area (Å²) in [5.41, 5.74) is 2.93. The topological polar surface area (TPSA) is 86.4 Å². The minimum absolute atomic E-state index is 0.00400. The Kier molecular flexibility index (Phi) is 4.79. The van der Waals surface area contributed by atoms with Crippen LogP contribution in [0, 0.1) is 0 Å². The highest BCUT2D eigenvalue weighted by Crippen LogP contribution is 2.46. The molecule has 0 unspecified atom stereocenters. The zero-order valence-electron chi connectivity index (χ0n) is 16.9. The molecule has 1 fully saturated rings. The van der Waals surface area contributed by atoms with Crippen LogP contribution in [-0.4, -0.2) is 27.0 Å². The van der Waals surface area contributed by atoms with Crippen molar-refractivity contribution in [3.63, 3.8) is 0 Å². The maximum Gasteiger partial charge on any atom is 0.138 e. The normalized spacial score (nSPS) is 20.7. The third kappa shape index (κ3) is 3.96. The number of aromatic hydroxyl groups is 3. The Labute approximate surface area is 169 Å². The lowest BCUT2D eigenvalue weighted by Gasteiger charge is -2.11. The number of hydrogen-bond donors (Lipinski definition) is 3. The predicted octanol–water partition coefficient (Wildman–Crippen LogP) is 5.66. The molecular formula is C24H26O5. The molecule has 2 heterocycles. The second-order valence-electron chi connectivity index (χ2n) is 8.27. The molecule has 1 aliphatic heterocycles. The quantitative estimate of drug-likeness (QED) is 0.371.